The first-order chi connectivity index (χ1) is 17.2. The topological polar surface area (TPSA) is 108 Å². The largest absolute Gasteiger partial charge is 0.479 e. The molecule has 36 heavy (non-hydrogen) atoms. The Morgan fingerprint density at radius 2 is 1.86 bits per heavy atom. The van der Waals surface area contributed by atoms with Crippen LogP contribution in [0.2, 0.25) is 0 Å². The van der Waals surface area contributed by atoms with Gasteiger partial charge in [-0.1, -0.05) is 54.9 Å². The summed E-state index contributed by atoms with van der Waals surface area (Å²) in [5, 5.41) is 26.9. The molecular formula is C29H38N2O5. The zero-order valence-corrected chi connectivity index (χ0v) is 21.3. The average molecular weight is 495 g/mol. The zero-order chi connectivity index (χ0) is 25.5. The number of hydrogen-bond acceptors (Lipinski definition) is 5. The van der Waals surface area contributed by atoms with Crippen molar-refractivity contribution < 1.29 is 24.6 Å². The first-order valence-corrected chi connectivity index (χ1v) is 13.4. The summed E-state index contributed by atoms with van der Waals surface area (Å²) >= 11 is 0. The monoisotopic (exact) mass is 494 g/mol. The van der Waals surface area contributed by atoms with Crippen molar-refractivity contribution >= 4 is 17.6 Å². The van der Waals surface area contributed by atoms with Crippen molar-refractivity contribution in [1.29, 1.82) is 0 Å². The second kappa shape index (κ2) is 9.66. The summed E-state index contributed by atoms with van der Waals surface area (Å²) < 4.78 is 0. The molecule has 0 aromatic heterocycles. The summed E-state index contributed by atoms with van der Waals surface area (Å²) in [6, 6.07) is 7.48. The van der Waals surface area contributed by atoms with Crippen LogP contribution in [0.15, 0.2) is 47.1 Å². The molecule has 3 saturated carbocycles. The number of aliphatic hydroxyl groups excluding tert-OH is 1. The summed E-state index contributed by atoms with van der Waals surface area (Å²) in [4.78, 5) is 29.3. The number of oxime groups is 1. The van der Waals surface area contributed by atoms with E-state index in [9.17, 15) is 19.8 Å². The first-order valence-electron chi connectivity index (χ1n) is 13.4. The molecule has 4 aliphatic rings. The molecule has 1 aromatic carbocycles. The maximum absolute atomic E-state index is 12.3. The highest BCUT2D eigenvalue weighted by atomic mass is 16.6. The molecule has 1 amide bonds. The Hall–Kier alpha value is -2.67. The highest BCUT2D eigenvalue weighted by molar-refractivity contribution is 5.96. The van der Waals surface area contributed by atoms with E-state index in [1.807, 2.05) is 0 Å². The van der Waals surface area contributed by atoms with Gasteiger partial charge < -0.3 is 20.4 Å². The number of aliphatic hydroxyl groups is 1. The standard InChI is InChI=1S/C29H38N2O5/c1-28-14-12-20(31-36-17-25(33)30-26(27(34)35)18-6-4-3-5-7-18)16-19(28)8-9-21-22-10-11-24(32)29(22,2)15-13-23(21)28/h3-7,16,21-24,26,32H,8-15,17H2,1-2H3,(H,30,33)(H,34,35)/t21-,22+,23-,24+,26+,28+,29+/m1/s1. The molecule has 0 spiro atoms. The Balaban J connectivity index is 1.21. The van der Waals surface area contributed by atoms with Crippen LogP contribution in [0.1, 0.15) is 76.8 Å². The molecular weight excluding hydrogens is 456 g/mol. The molecule has 7 heteroatoms. The van der Waals surface area contributed by atoms with Gasteiger partial charge in [-0.15, -0.1) is 0 Å². The molecule has 1 aromatic rings. The van der Waals surface area contributed by atoms with Crippen LogP contribution in [0.5, 0.6) is 0 Å². The van der Waals surface area contributed by atoms with E-state index in [0.29, 0.717) is 23.3 Å². The molecule has 7 nitrogen and oxygen atoms in total. The number of amides is 1. The van der Waals surface area contributed by atoms with Crippen LogP contribution in [0.4, 0.5) is 0 Å². The number of carbonyl (C=O) groups is 2. The van der Waals surface area contributed by atoms with E-state index in [0.717, 1.165) is 44.2 Å². The predicted octanol–water partition coefficient (Wildman–Crippen LogP) is 4.62. The summed E-state index contributed by atoms with van der Waals surface area (Å²) in [6.07, 6.45) is 10.5. The first kappa shape index (κ1) is 25.0. The molecule has 0 aliphatic heterocycles. The fourth-order valence-electron chi connectivity index (χ4n) is 7.93. The number of nitrogens with zero attached hydrogens (tertiary/aromatic N) is 1. The SMILES string of the molecule is C[C@]12CC[C@@H]3[C@H](CCC4=CC(=NOCC(=O)N[C@H](C(=O)O)c5ccccc5)CC[C@@]43C)[C@@H]1CC[C@@H]2O. The summed E-state index contributed by atoms with van der Waals surface area (Å²) in [5.41, 5.74) is 3.06. The molecule has 3 fully saturated rings. The van der Waals surface area contributed by atoms with Gasteiger partial charge >= 0.3 is 5.97 Å². The maximum Gasteiger partial charge on any atom is 0.330 e. The number of carboxylic acid groups (broad SMARTS) is 1. The third-order valence-corrected chi connectivity index (χ3v) is 9.99. The van der Waals surface area contributed by atoms with E-state index in [1.165, 1.54) is 18.4 Å². The molecule has 0 saturated heterocycles. The van der Waals surface area contributed by atoms with Crippen LogP contribution in [0.3, 0.4) is 0 Å². The minimum Gasteiger partial charge on any atom is -0.479 e. The normalized spacial score (nSPS) is 37.2. The molecule has 0 unspecified atom stereocenters. The van der Waals surface area contributed by atoms with Crippen LogP contribution in [0.25, 0.3) is 0 Å². The van der Waals surface area contributed by atoms with Gasteiger partial charge in [0.15, 0.2) is 12.6 Å². The summed E-state index contributed by atoms with van der Waals surface area (Å²) in [6.45, 7) is 4.41. The number of aliphatic carboxylic acids is 1. The van der Waals surface area contributed by atoms with Crippen LogP contribution in [-0.2, 0) is 14.4 Å². The number of fused-ring (bicyclic) bond motifs is 5. The number of carboxylic acids is 1. The average Bonchev–Trinajstić information content (AvgIpc) is 3.17. The van der Waals surface area contributed by atoms with E-state index in [-0.39, 0.29) is 23.5 Å². The van der Waals surface area contributed by atoms with Crippen molar-refractivity contribution in [3.05, 3.63) is 47.5 Å². The van der Waals surface area contributed by atoms with Crippen molar-refractivity contribution in [1.82, 2.24) is 5.32 Å². The Kier molecular flexibility index (Phi) is 6.70. The van der Waals surface area contributed by atoms with Gasteiger partial charge in [0.1, 0.15) is 0 Å². The number of hydrogen-bond donors (Lipinski definition) is 3. The number of rotatable bonds is 6. The van der Waals surface area contributed by atoms with E-state index < -0.39 is 17.9 Å². The lowest BCUT2D eigenvalue weighted by Crippen LogP contribution is -2.51. The third kappa shape index (κ3) is 4.36. The van der Waals surface area contributed by atoms with Gasteiger partial charge in [0, 0.05) is 0 Å². The Morgan fingerprint density at radius 1 is 1.08 bits per heavy atom. The number of carbonyl (C=O) groups excluding carboxylic acids is 1. The highest BCUT2D eigenvalue weighted by Crippen LogP contribution is 2.65. The lowest BCUT2D eigenvalue weighted by molar-refractivity contribution is -0.142. The second-order valence-corrected chi connectivity index (χ2v) is 11.7. The van der Waals surface area contributed by atoms with Crippen molar-refractivity contribution in [3.8, 4) is 0 Å². The van der Waals surface area contributed by atoms with Gasteiger partial charge in [-0.05, 0) is 91.6 Å². The van der Waals surface area contributed by atoms with Crippen LogP contribution < -0.4 is 5.32 Å². The van der Waals surface area contributed by atoms with Gasteiger partial charge in [0.05, 0.1) is 11.8 Å². The third-order valence-electron chi connectivity index (χ3n) is 9.99. The van der Waals surface area contributed by atoms with Gasteiger partial charge in [0.2, 0.25) is 0 Å². The fourth-order valence-corrected chi connectivity index (χ4v) is 7.93. The Labute approximate surface area is 213 Å². The van der Waals surface area contributed by atoms with Gasteiger partial charge in [-0.25, -0.2) is 4.79 Å². The fraction of sp³-hybridized carbons (Fsp3) is 0.621. The number of benzene rings is 1. The van der Waals surface area contributed by atoms with Crippen molar-refractivity contribution in [2.24, 2.45) is 33.7 Å². The molecule has 5 rings (SSSR count). The lowest BCUT2D eigenvalue weighted by Gasteiger charge is -2.57. The highest BCUT2D eigenvalue weighted by Gasteiger charge is 2.58. The molecule has 0 bridgehead atoms. The molecule has 7 atom stereocenters. The Morgan fingerprint density at radius 3 is 2.61 bits per heavy atom. The van der Waals surface area contributed by atoms with Crippen molar-refractivity contribution in [2.45, 2.75) is 77.4 Å². The summed E-state index contributed by atoms with van der Waals surface area (Å²) in [7, 11) is 0. The quantitative estimate of drug-likeness (QED) is 0.500. The predicted molar refractivity (Wildman–Crippen MR) is 136 cm³/mol. The van der Waals surface area contributed by atoms with Crippen molar-refractivity contribution in [2.75, 3.05) is 6.61 Å². The summed E-state index contributed by atoms with van der Waals surface area (Å²) in [5.74, 6) is 0.330. The van der Waals surface area contributed by atoms with E-state index in [1.54, 1.807) is 30.3 Å². The molecule has 194 valence electrons. The van der Waals surface area contributed by atoms with Crippen LogP contribution in [-0.4, -0.2) is 40.5 Å². The number of nitrogens with one attached hydrogen (secondary N) is 1. The Bertz CT molecular complexity index is 1070. The smallest absolute Gasteiger partial charge is 0.330 e. The van der Waals surface area contributed by atoms with E-state index in [2.05, 4.69) is 30.4 Å². The number of allylic oxidation sites excluding steroid dienone is 2. The van der Waals surface area contributed by atoms with Gasteiger partial charge in [0.25, 0.3) is 5.91 Å². The van der Waals surface area contributed by atoms with Crippen molar-refractivity contribution in [3.63, 3.8) is 0 Å². The van der Waals surface area contributed by atoms with Gasteiger partial charge in [-0.2, -0.15) is 0 Å². The van der Waals surface area contributed by atoms with E-state index >= 15 is 0 Å². The second-order valence-electron chi connectivity index (χ2n) is 11.7. The maximum atomic E-state index is 12.3. The lowest BCUT2D eigenvalue weighted by atomic mass is 9.47. The molecule has 0 radical (unpaired) electrons. The zero-order valence-electron chi connectivity index (χ0n) is 21.3. The molecule has 3 N–H and O–H groups in total. The molecule has 0 heterocycles. The van der Waals surface area contributed by atoms with Crippen LogP contribution >= 0.6 is 0 Å². The minimum atomic E-state index is -1.12. The van der Waals surface area contributed by atoms with Gasteiger partial charge in [-0.3, -0.25) is 4.79 Å². The van der Waals surface area contributed by atoms with E-state index in [4.69, 9.17) is 4.84 Å². The minimum absolute atomic E-state index is 0.0919. The molecule has 4 aliphatic carbocycles. The van der Waals surface area contributed by atoms with Crippen LogP contribution in [0, 0.1) is 28.6 Å².